The number of carbonyl (C=O) groups is 1. The van der Waals surface area contributed by atoms with E-state index in [4.69, 9.17) is 5.11 Å². The highest BCUT2D eigenvalue weighted by atomic mass is 16.4. The average molecular weight is 407 g/mol. The molecule has 0 radical (unpaired) electrons. The summed E-state index contributed by atoms with van der Waals surface area (Å²) in [6.45, 7) is 0.259. The van der Waals surface area contributed by atoms with Crippen LogP contribution in [0.1, 0.15) is 42.5 Å². The number of aryl methyl sites for hydroxylation is 1. The fourth-order valence-corrected chi connectivity index (χ4v) is 4.99. The van der Waals surface area contributed by atoms with Gasteiger partial charge in [-0.25, -0.2) is 14.8 Å². The van der Waals surface area contributed by atoms with Gasteiger partial charge in [0.2, 0.25) is 0 Å². The van der Waals surface area contributed by atoms with Gasteiger partial charge in [-0.05, 0) is 42.9 Å². The van der Waals surface area contributed by atoms with Crippen LogP contribution in [0.25, 0.3) is 11.0 Å². The maximum absolute atomic E-state index is 10.8. The number of nitrogens with zero attached hydrogens (tertiary/aromatic N) is 3. The molecule has 0 unspecified atom stereocenters. The van der Waals surface area contributed by atoms with E-state index >= 15 is 0 Å². The number of nitrogens with one attached hydrogen (secondary N) is 2. The quantitative estimate of drug-likeness (QED) is 0.517. The van der Waals surface area contributed by atoms with E-state index in [9.17, 15) is 9.90 Å². The summed E-state index contributed by atoms with van der Waals surface area (Å²) in [6.07, 6.45) is 5.37. The van der Waals surface area contributed by atoms with Crippen LogP contribution in [0.5, 0.6) is 0 Å². The van der Waals surface area contributed by atoms with Crippen molar-refractivity contribution in [1.82, 2.24) is 19.9 Å². The molecule has 30 heavy (non-hydrogen) atoms. The van der Waals surface area contributed by atoms with Crippen LogP contribution in [0, 0.1) is 5.92 Å². The van der Waals surface area contributed by atoms with Gasteiger partial charge in [0.15, 0.2) is 0 Å². The third-order valence-electron chi connectivity index (χ3n) is 6.49. The number of benzene rings is 1. The highest BCUT2D eigenvalue weighted by molar-refractivity contribution is 5.87. The molecule has 0 saturated heterocycles. The Balaban J connectivity index is 1.38. The average Bonchev–Trinajstić information content (AvgIpc) is 3.44. The lowest BCUT2D eigenvalue weighted by Gasteiger charge is -2.16. The number of aliphatic hydroxyl groups is 1. The van der Waals surface area contributed by atoms with Crippen molar-refractivity contribution in [3.63, 3.8) is 0 Å². The van der Waals surface area contributed by atoms with Crippen molar-refractivity contribution in [3.05, 3.63) is 54.0 Å². The Morgan fingerprint density at radius 2 is 2.07 bits per heavy atom. The lowest BCUT2D eigenvalue weighted by Crippen LogP contribution is -2.31. The maximum Gasteiger partial charge on any atom is 0.404 e. The molecular weight excluding hydrogens is 382 g/mol. The summed E-state index contributed by atoms with van der Waals surface area (Å²) in [4.78, 5) is 19.8. The first kappa shape index (κ1) is 18.9. The van der Waals surface area contributed by atoms with Gasteiger partial charge >= 0.3 is 6.09 Å². The molecule has 2 heterocycles. The van der Waals surface area contributed by atoms with E-state index in [2.05, 4.69) is 49.4 Å². The predicted octanol–water partition coefficient (Wildman–Crippen LogP) is 3.11. The Labute approximate surface area is 174 Å². The number of aliphatic hydroxyl groups excluding tert-OH is 1. The van der Waals surface area contributed by atoms with E-state index < -0.39 is 12.2 Å². The van der Waals surface area contributed by atoms with Crippen LogP contribution in [0.15, 0.2) is 42.9 Å². The number of fused-ring (bicyclic) bond motifs is 2. The lowest BCUT2D eigenvalue weighted by molar-refractivity contribution is 0.128. The summed E-state index contributed by atoms with van der Waals surface area (Å²) in [7, 11) is 0. The Bertz CT molecular complexity index is 1080. The molecule has 0 spiro atoms. The fraction of sp³-hybridized carbons (Fsp3) is 0.409. The van der Waals surface area contributed by atoms with Crippen LogP contribution in [-0.2, 0) is 6.42 Å². The molecule has 2 aliphatic carbocycles. The first-order valence-electron chi connectivity index (χ1n) is 10.4. The molecule has 0 aliphatic heterocycles. The van der Waals surface area contributed by atoms with E-state index in [-0.39, 0.29) is 24.5 Å². The Morgan fingerprint density at radius 3 is 2.93 bits per heavy atom. The number of carboxylic acid groups (broad SMARTS) is 1. The van der Waals surface area contributed by atoms with Gasteiger partial charge in [-0.3, -0.25) is 0 Å². The number of hydrogen-bond acceptors (Lipinski definition) is 5. The summed E-state index contributed by atoms with van der Waals surface area (Å²) in [5.41, 5.74) is 3.55. The molecule has 1 saturated carbocycles. The molecule has 2 aromatic heterocycles. The summed E-state index contributed by atoms with van der Waals surface area (Å²) < 4.78 is 2.09. The first-order valence-corrected chi connectivity index (χ1v) is 10.4. The zero-order valence-electron chi connectivity index (χ0n) is 16.5. The van der Waals surface area contributed by atoms with Crippen LogP contribution < -0.4 is 10.6 Å². The fourth-order valence-electron chi connectivity index (χ4n) is 4.99. The van der Waals surface area contributed by atoms with E-state index in [1.165, 1.54) is 11.1 Å². The molecule has 4 atom stereocenters. The van der Waals surface area contributed by atoms with Gasteiger partial charge in [0.1, 0.15) is 17.8 Å². The smallest absolute Gasteiger partial charge is 0.404 e. The standard InChI is InChI=1S/C22H25N5O3/c28-19-10-15(9-14(19)11-23-22(29)30)27-8-7-17-20(24-12-25-21(17)27)26-18-6-5-13-3-1-2-4-16(13)18/h1-4,7-8,12,14-15,18-19,23,28H,5-6,9-11H2,(H,29,30)(H,24,25,26)/t14-,15+,18-,19-/m0/s1. The monoisotopic (exact) mass is 407 g/mol. The van der Waals surface area contributed by atoms with E-state index in [1.807, 2.05) is 12.3 Å². The van der Waals surface area contributed by atoms with Crippen molar-refractivity contribution in [2.45, 2.75) is 43.9 Å². The second kappa shape index (κ2) is 7.60. The van der Waals surface area contributed by atoms with E-state index in [0.29, 0.717) is 12.8 Å². The van der Waals surface area contributed by atoms with Crippen molar-refractivity contribution in [3.8, 4) is 0 Å². The molecule has 1 fully saturated rings. The first-order chi connectivity index (χ1) is 14.6. The molecule has 2 aliphatic rings. The second-order valence-electron chi connectivity index (χ2n) is 8.26. The van der Waals surface area contributed by atoms with E-state index in [1.54, 1.807) is 6.33 Å². The largest absolute Gasteiger partial charge is 0.465 e. The van der Waals surface area contributed by atoms with Crippen molar-refractivity contribution in [2.24, 2.45) is 5.92 Å². The van der Waals surface area contributed by atoms with Gasteiger partial charge in [0.25, 0.3) is 0 Å². The molecular formula is C22H25N5O3. The summed E-state index contributed by atoms with van der Waals surface area (Å²) in [5.74, 6) is 0.723. The van der Waals surface area contributed by atoms with Gasteiger partial charge < -0.3 is 25.4 Å². The van der Waals surface area contributed by atoms with Crippen LogP contribution in [-0.4, -0.2) is 43.5 Å². The molecule has 1 aromatic carbocycles. The number of hydrogen-bond donors (Lipinski definition) is 4. The number of aromatic nitrogens is 3. The van der Waals surface area contributed by atoms with Gasteiger partial charge in [-0.1, -0.05) is 24.3 Å². The number of anilines is 1. The van der Waals surface area contributed by atoms with Crippen molar-refractivity contribution in [2.75, 3.05) is 11.9 Å². The Kier molecular flexibility index (Phi) is 4.78. The molecule has 156 valence electrons. The predicted molar refractivity (Wildman–Crippen MR) is 112 cm³/mol. The molecule has 0 bridgehead atoms. The lowest BCUT2D eigenvalue weighted by atomic mass is 10.1. The van der Waals surface area contributed by atoms with Crippen molar-refractivity contribution < 1.29 is 15.0 Å². The highest BCUT2D eigenvalue weighted by Gasteiger charge is 2.35. The van der Waals surface area contributed by atoms with Crippen LogP contribution in [0.4, 0.5) is 10.6 Å². The SMILES string of the molecule is O=C(O)NC[C@@H]1C[C@@H](n2ccc3c(N[C@H]4CCc5ccccc54)ncnc32)C[C@@H]1O. The topological polar surface area (TPSA) is 112 Å². The minimum Gasteiger partial charge on any atom is -0.465 e. The van der Waals surface area contributed by atoms with Crippen LogP contribution in [0.3, 0.4) is 0 Å². The van der Waals surface area contributed by atoms with Crippen LogP contribution in [0.2, 0.25) is 0 Å². The van der Waals surface area contributed by atoms with Gasteiger partial charge in [0.05, 0.1) is 17.5 Å². The van der Waals surface area contributed by atoms with Gasteiger partial charge in [-0.15, -0.1) is 0 Å². The molecule has 4 N–H and O–H groups in total. The minimum absolute atomic E-state index is 0.0769. The summed E-state index contributed by atoms with van der Waals surface area (Å²) in [6, 6.07) is 10.9. The number of amides is 1. The van der Waals surface area contributed by atoms with Gasteiger partial charge in [0, 0.05) is 24.7 Å². The zero-order valence-corrected chi connectivity index (χ0v) is 16.5. The maximum atomic E-state index is 10.8. The van der Waals surface area contributed by atoms with Gasteiger partial charge in [-0.2, -0.15) is 0 Å². The normalized spacial score (nSPS) is 25.4. The Hall–Kier alpha value is -3.13. The van der Waals surface area contributed by atoms with Crippen LogP contribution >= 0.6 is 0 Å². The third-order valence-corrected chi connectivity index (χ3v) is 6.49. The third kappa shape index (κ3) is 3.37. The Morgan fingerprint density at radius 1 is 1.20 bits per heavy atom. The van der Waals surface area contributed by atoms with E-state index in [0.717, 1.165) is 29.7 Å². The molecule has 1 amide bonds. The zero-order chi connectivity index (χ0) is 20.7. The minimum atomic E-state index is -1.06. The van der Waals surface area contributed by atoms with Crippen molar-refractivity contribution in [1.29, 1.82) is 0 Å². The van der Waals surface area contributed by atoms with Crippen molar-refractivity contribution >= 4 is 22.9 Å². The molecule has 5 rings (SSSR count). The summed E-state index contributed by atoms with van der Waals surface area (Å²) >= 11 is 0. The number of rotatable bonds is 5. The molecule has 8 nitrogen and oxygen atoms in total. The highest BCUT2D eigenvalue weighted by Crippen LogP contribution is 2.38. The summed E-state index contributed by atoms with van der Waals surface area (Å²) in [5, 5.41) is 26.2. The molecule has 3 aromatic rings. The second-order valence-corrected chi connectivity index (χ2v) is 8.26. The molecule has 8 heteroatoms.